The van der Waals surface area contributed by atoms with Crippen molar-refractivity contribution >= 4 is 0 Å². The highest BCUT2D eigenvalue weighted by Crippen LogP contribution is 2.27. The van der Waals surface area contributed by atoms with Crippen molar-refractivity contribution in [3.63, 3.8) is 0 Å². The van der Waals surface area contributed by atoms with Crippen LogP contribution in [0, 0.1) is 0 Å². The van der Waals surface area contributed by atoms with Crippen LogP contribution < -0.4 is 5.73 Å². The van der Waals surface area contributed by atoms with Crippen molar-refractivity contribution in [3.8, 4) is 11.1 Å². The number of benzene rings is 2. The second kappa shape index (κ2) is 9.42. The van der Waals surface area contributed by atoms with Gasteiger partial charge >= 0.3 is 0 Å². The van der Waals surface area contributed by atoms with Crippen LogP contribution in [0.25, 0.3) is 11.1 Å². The predicted molar refractivity (Wildman–Crippen MR) is 96.8 cm³/mol. The summed E-state index contributed by atoms with van der Waals surface area (Å²) in [7, 11) is 0. The van der Waals surface area contributed by atoms with Gasteiger partial charge in [-0.25, -0.2) is 0 Å². The van der Waals surface area contributed by atoms with Crippen molar-refractivity contribution in [1.82, 2.24) is 0 Å². The van der Waals surface area contributed by atoms with Crippen molar-refractivity contribution < 1.29 is 0 Å². The fourth-order valence-corrected chi connectivity index (χ4v) is 3.09. The molecule has 0 aliphatic rings. The molecule has 2 rings (SSSR count). The van der Waals surface area contributed by atoms with Crippen LogP contribution in [-0.4, -0.2) is 0 Å². The highest BCUT2D eigenvalue weighted by Gasteiger charge is 2.08. The first-order chi connectivity index (χ1) is 10.9. The number of nitrogens with two attached hydrogens (primary N) is 1. The first-order valence-electron chi connectivity index (χ1n) is 8.73. The summed E-state index contributed by atoms with van der Waals surface area (Å²) in [5.74, 6) is 0. The third kappa shape index (κ3) is 4.71. The van der Waals surface area contributed by atoms with Gasteiger partial charge in [0.1, 0.15) is 0 Å². The Labute approximate surface area is 135 Å². The number of aryl methyl sites for hydroxylation is 1. The van der Waals surface area contributed by atoms with Gasteiger partial charge in [-0.05, 0) is 35.1 Å². The minimum absolute atomic E-state index is 0.621. The Morgan fingerprint density at radius 2 is 1.50 bits per heavy atom. The standard InChI is InChI=1S/C21H29N/c1-2-3-4-5-6-8-14-19-15-11-16-20(21(19)17-22)18-12-9-7-10-13-18/h7,9-13,15-16H,2-6,8,14,17,22H2,1H3. The van der Waals surface area contributed by atoms with E-state index in [0.717, 1.165) is 6.42 Å². The Kier molecular flexibility index (Phi) is 7.18. The van der Waals surface area contributed by atoms with Gasteiger partial charge in [0.25, 0.3) is 0 Å². The number of rotatable bonds is 9. The summed E-state index contributed by atoms with van der Waals surface area (Å²) >= 11 is 0. The van der Waals surface area contributed by atoms with Crippen molar-refractivity contribution in [2.45, 2.75) is 58.4 Å². The third-order valence-corrected chi connectivity index (χ3v) is 4.36. The van der Waals surface area contributed by atoms with Crippen LogP contribution in [0.3, 0.4) is 0 Å². The SMILES string of the molecule is CCCCCCCCc1cccc(-c2ccccc2)c1CN. The smallest absolute Gasteiger partial charge is 0.0187 e. The zero-order valence-electron chi connectivity index (χ0n) is 13.9. The molecule has 2 aromatic rings. The molecule has 118 valence electrons. The quantitative estimate of drug-likeness (QED) is 0.589. The zero-order valence-corrected chi connectivity index (χ0v) is 13.9. The van der Waals surface area contributed by atoms with E-state index < -0.39 is 0 Å². The Morgan fingerprint density at radius 3 is 2.23 bits per heavy atom. The van der Waals surface area contributed by atoms with Crippen molar-refractivity contribution in [1.29, 1.82) is 0 Å². The Bertz CT molecular complexity index is 545. The first kappa shape index (κ1) is 16.8. The summed E-state index contributed by atoms with van der Waals surface area (Å²) in [6, 6.07) is 17.2. The van der Waals surface area contributed by atoms with E-state index in [1.54, 1.807) is 0 Å². The van der Waals surface area contributed by atoms with Crippen LogP contribution >= 0.6 is 0 Å². The molecular weight excluding hydrogens is 266 g/mol. The predicted octanol–water partition coefficient (Wildman–Crippen LogP) is 5.72. The average Bonchev–Trinajstić information content (AvgIpc) is 2.58. The molecule has 0 saturated heterocycles. The summed E-state index contributed by atoms with van der Waals surface area (Å²) < 4.78 is 0. The number of unbranched alkanes of at least 4 members (excludes halogenated alkanes) is 5. The molecule has 0 aliphatic heterocycles. The summed E-state index contributed by atoms with van der Waals surface area (Å²) in [4.78, 5) is 0. The molecule has 0 saturated carbocycles. The van der Waals surface area contributed by atoms with Gasteiger partial charge < -0.3 is 5.73 Å². The fourth-order valence-electron chi connectivity index (χ4n) is 3.09. The molecular formula is C21H29N. The van der Waals surface area contributed by atoms with E-state index >= 15 is 0 Å². The van der Waals surface area contributed by atoms with Crippen LogP contribution in [0.1, 0.15) is 56.6 Å². The maximum Gasteiger partial charge on any atom is 0.0187 e. The molecule has 0 unspecified atom stereocenters. The molecule has 0 radical (unpaired) electrons. The maximum absolute atomic E-state index is 6.06. The zero-order chi connectivity index (χ0) is 15.6. The van der Waals surface area contributed by atoms with E-state index in [1.807, 2.05) is 0 Å². The lowest BCUT2D eigenvalue weighted by Gasteiger charge is -2.14. The van der Waals surface area contributed by atoms with Gasteiger partial charge in [-0.3, -0.25) is 0 Å². The van der Waals surface area contributed by atoms with Gasteiger partial charge in [-0.15, -0.1) is 0 Å². The Morgan fingerprint density at radius 1 is 0.773 bits per heavy atom. The normalized spacial score (nSPS) is 10.8. The number of hydrogen-bond acceptors (Lipinski definition) is 1. The van der Waals surface area contributed by atoms with E-state index in [4.69, 9.17) is 5.73 Å². The van der Waals surface area contributed by atoms with Crippen molar-refractivity contribution in [2.24, 2.45) is 5.73 Å². The molecule has 2 N–H and O–H groups in total. The molecule has 1 nitrogen and oxygen atoms in total. The van der Waals surface area contributed by atoms with Gasteiger partial charge in [0.2, 0.25) is 0 Å². The Balaban J connectivity index is 2.03. The average molecular weight is 295 g/mol. The summed E-state index contributed by atoms with van der Waals surface area (Å²) in [5.41, 5.74) is 11.4. The highest BCUT2D eigenvalue weighted by molar-refractivity contribution is 5.68. The van der Waals surface area contributed by atoms with Crippen molar-refractivity contribution in [3.05, 3.63) is 59.7 Å². The van der Waals surface area contributed by atoms with Gasteiger partial charge in [0, 0.05) is 6.54 Å². The van der Waals surface area contributed by atoms with E-state index in [-0.39, 0.29) is 0 Å². The van der Waals surface area contributed by atoms with Crippen LogP contribution in [-0.2, 0) is 13.0 Å². The minimum atomic E-state index is 0.621. The molecule has 0 amide bonds. The molecule has 0 bridgehead atoms. The Hall–Kier alpha value is -1.60. The molecule has 0 fully saturated rings. The summed E-state index contributed by atoms with van der Waals surface area (Å²) in [6.07, 6.45) is 9.19. The monoisotopic (exact) mass is 295 g/mol. The minimum Gasteiger partial charge on any atom is -0.326 e. The molecule has 22 heavy (non-hydrogen) atoms. The molecule has 1 heteroatoms. The van der Waals surface area contributed by atoms with Crippen LogP contribution in [0.4, 0.5) is 0 Å². The highest BCUT2D eigenvalue weighted by atomic mass is 14.5. The molecule has 0 heterocycles. The van der Waals surface area contributed by atoms with Crippen molar-refractivity contribution in [2.75, 3.05) is 0 Å². The third-order valence-electron chi connectivity index (χ3n) is 4.36. The van der Waals surface area contributed by atoms with Crippen LogP contribution in [0.15, 0.2) is 48.5 Å². The molecule has 0 atom stereocenters. The fraction of sp³-hybridized carbons (Fsp3) is 0.429. The second-order valence-corrected chi connectivity index (χ2v) is 6.03. The second-order valence-electron chi connectivity index (χ2n) is 6.03. The number of hydrogen-bond donors (Lipinski definition) is 1. The van der Waals surface area contributed by atoms with Crippen LogP contribution in [0.5, 0.6) is 0 Å². The van der Waals surface area contributed by atoms with Gasteiger partial charge in [0.05, 0.1) is 0 Å². The van der Waals surface area contributed by atoms with Gasteiger partial charge in [-0.2, -0.15) is 0 Å². The topological polar surface area (TPSA) is 26.0 Å². The molecule has 0 spiro atoms. The summed E-state index contributed by atoms with van der Waals surface area (Å²) in [6.45, 7) is 2.89. The lowest BCUT2D eigenvalue weighted by molar-refractivity contribution is 0.606. The van der Waals surface area contributed by atoms with E-state index in [1.165, 1.54) is 60.8 Å². The summed E-state index contributed by atoms with van der Waals surface area (Å²) in [5, 5.41) is 0. The van der Waals surface area contributed by atoms with E-state index in [0.29, 0.717) is 6.54 Å². The van der Waals surface area contributed by atoms with Crippen LogP contribution in [0.2, 0.25) is 0 Å². The largest absolute Gasteiger partial charge is 0.326 e. The lowest BCUT2D eigenvalue weighted by Crippen LogP contribution is -2.04. The van der Waals surface area contributed by atoms with Gasteiger partial charge in [0.15, 0.2) is 0 Å². The van der Waals surface area contributed by atoms with E-state index in [2.05, 4.69) is 55.5 Å². The molecule has 0 aromatic heterocycles. The maximum atomic E-state index is 6.06. The molecule has 0 aliphatic carbocycles. The van der Waals surface area contributed by atoms with E-state index in [9.17, 15) is 0 Å². The lowest BCUT2D eigenvalue weighted by atomic mass is 9.92. The first-order valence-corrected chi connectivity index (χ1v) is 8.73. The van der Waals surface area contributed by atoms with Gasteiger partial charge in [-0.1, -0.05) is 87.6 Å². The molecule has 2 aromatic carbocycles.